The molecule has 24 heavy (non-hydrogen) atoms. The molecule has 0 amide bonds. The zero-order chi connectivity index (χ0) is 16.3. The summed E-state index contributed by atoms with van der Waals surface area (Å²) in [7, 11) is 0. The van der Waals surface area contributed by atoms with Gasteiger partial charge in [0.05, 0.1) is 19.8 Å². The highest BCUT2D eigenvalue weighted by Crippen LogP contribution is 2.16. The molecule has 0 saturated carbocycles. The lowest BCUT2D eigenvalue weighted by Crippen LogP contribution is -2.20. The number of rotatable bonds is 10. The molecule has 0 fully saturated rings. The van der Waals surface area contributed by atoms with Crippen LogP contribution in [-0.2, 0) is 17.9 Å². The van der Waals surface area contributed by atoms with Crippen LogP contribution in [0.25, 0.3) is 0 Å². The minimum Gasteiger partial charge on any atom is -0.489 e. The van der Waals surface area contributed by atoms with Gasteiger partial charge in [0, 0.05) is 18.1 Å². The zero-order valence-electron chi connectivity index (χ0n) is 13.4. The molecule has 0 aliphatic rings. The van der Waals surface area contributed by atoms with E-state index >= 15 is 0 Å². The van der Waals surface area contributed by atoms with Gasteiger partial charge in [-0.05, 0) is 35.4 Å². The predicted molar refractivity (Wildman–Crippen MR) is 99.1 cm³/mol. The Bertz CT molecular complexity index is 579. The number of aliphatic hydroxyl groups is 1. The molecule has 0 spiro atoms. The maximum atomic E-state index is 8.61. The van der Waals surface area contributed by atoms with Crippen LogP contribution >= 0.6 is 24.0 Å². The Morgan fingerprint density at radius 2 is 1.79 bits per heavy atom. The lowest BCUT2D eigenvalue weighted by atomic mass is 10.2. The molecular weight excluding hydrogens is 349 g/mol. The van der Waals surface area contributed by atoms with Gasteiger partial charge in [0.25, 0.3) is 0 Å². The number of nitrogens with one attached hydrogen (secondary N) is 1. The predicted octanol–water partition coefficient (Wildman–Crippen LogP) is 3.44. The summed E-state index contributed by atoms with van der Waals surface area (Å²) in [6.07, 6.45) is 0. The van der Waals surface area contributed by atoms with Crippen LogP contribution in [0.4, 0.5) is 0 Å². The summed E-state index contributed by atoms with van der Waals surface area (Å²) in [5.41, 5.74) is 2.24. The van der Waals surface area contributed by atoms with Crippen molar-refractivity contribution in [2.24, 2.45) is 0 Å². The Morgan fingerprint density at radius 3 is 2.54 bits per heavy atom. The van der Waals surface area contributed by atoms with Gasteiger partial charge in [0.1, 0.15) is 12.4 Å². The molecule has 0 radical (unpaired) electrons. The minimum atomic E-state index is 0. The van der Waals surface area contributed by atoms with Crippen molar-refractivity contribution in [1.29, 1.82) is 0 Å². The molecule has 4 nitrogen and oxygen atoms in total. The van der Waals surface area contributed by atoms with Crippen LogP contribution in [0, 0.1) is 0 Å². The van der Waals surface area contributed by atoms with Crippen LogP contribution in [-0.4, -0.2) is 31.5 Å². The molecule has 2 aromatic carbocycles. The van der Waals surface area contributed by atoms with E-state index in [1.807, 2.05) is 42.5 Å². The molecule has 0 atom stereocenters. The highest BCUT2D eigenvalue weighted by molar-refractivity contribution is 6.30. The Hall–Kier alpha value is -1.30. The minimum absolute atomic E-state index is 0. The first-order valence-corrected chi connectivity index (χ1v) is 8.01. The number of hydrogen-bond donors (Lipinski definition) is 2. The Balaban J connectivity index is 0.00000288. The van der Waals surface area contributed by atoms with E-state index in [1.165, 1.54) is 0 Å². The largest absolute Gasteiger partial charge is 0.489 e. The van der Waals surface area contributed by atoms with Crippen molar-refractivity contribution < 1.29 is 14.6 Å². The van der Waals surface area contributed by atoms with E-state index in [2.05, 4.69) is 11.4 Å². The zero-order valence-corrected chi connectivity index (χ0v) is 15.0. The normalized spacial score (nSPS) is 10.2. The fourth-order valence-electron chi connectivity index (χ4n) is 2.04. The summed E-state index contributed by atoms with van der Waals surface area (Å²) in [5, 5.41) is 12.6. The van der Waals surface area contributed by atoms with Gasteiger partial charge in [0.15, 0.2) is 0 Å². The molecule has 0 heterocycles. The van der Waals surface area contributed by atoms with Crippen molar-refractivity contribution in [2.45, 2.75) is 13.2 Å². The molecule has 0 aromatic heterocycles. The van der Waals surface area contributed by atoms with Crippen LogP contribution in [0.2, 0.25) is 5.02 Å². The van der Waals surface area contributed by atoms with E-state index in [1.54, 1.807) is 0 Å². The van der Waals surface area contributed by atoms with E-state index < -0.39 is 0 Å². The molecule has 2 rings (SSSR count). The standard InChI is InChI=1S/C18H22ClNO3.ClH/c19-17-6-4-15(5-7-17)14-23-18-3-1-2-16(12-18)13-20-8-10-22-11-9-21;/h1-7,12,20-21H,8-11,13-14H2;1H. The molecular formula is C18H23Cl2NO3. The van der Waals surface area contributed by atoms with Gasteiger partial charge in [-0.15, -0.1) is 12.4 Å². The van der Waals surface area contributed by atoms with Crippen LogP contribution in [0.1, 0.15) is 11.1 Å². The Labute approximate surface area is 154 Å². The first kappa shape index (κ1) is 20.7. The van der Waals surface area contributed by atoms with E-state index in [0.29, 0.717) is 19.8 Å². The summed E-state index contributed by atoms with van der Waals surface area (Å²) >= 11 is 5.87. The van der Waals surface area contributed by atoms with E-state index in [9.17, 15) is 0 Å². The Morgan fingerprint density at radius 1 is 1.00 bits per heavy atom. The van der Waals surface area contributed by atoms with Crippen molar-refractivity contribution in [2.75, 3.05) is 26.4 Å². The molecule has 0 unspecified atom stereocenters. The smallest absolute Gasteiger partial charge is 0.120 e. The monoisotopic (exact) mass is 371 g/mol. The van der Waals surface area contributed by atoms with Gasteiger partial charge in [0.2, 0.25) is 0 Å². The summed E-state index contributed by atoms with van der Waals surface area (Å²) in [6, 6.07) is 15.6. The maximum Gasteiger partial charge on any atom is 0.120 e. The third-order valence-electron chi connectivity index (χ3n) is 3.21. The van der Waals surface area contributed by atoms with Crippen LogP contribution < -0.4 is 10.1 Å². The number of ether oxygens (including phenoxy) is 2. The number of aliphatic hydroxyl groups excluding tert-OH is 1. The van der Waals surface area contributed by atoms with E-state index in [4.69, 9.17) is 26.2 Å². The quantitative estimate of drug-likeness (QED) is 0.628. The van der Waals surface area contributed by atoms with Crippen LogP contribution in [0.15, 0.2) is 48.5 Å². The summed E-state index contributed by atoms with van der Waals surface area (Å²) in [4.78, 5) is 0. The molecule has 0 bridgehead atoms. The molecule has 132 valence electrons. The van der Waals surface area contributed by atoms with Gasteiger partial charge < -0.3 is 19.9 Å². The fourth-order valence-corrected chi connectivity index (χ4v) is 2.16. The number of hydrogen-bond acceptors (Lipinski definition) is 4. The van der Waals surface area contributed by atoms with Crippen LogP contribution in [0.3, 0.4) is 0 Å². The first-order valence-electron chi connectivity index (χ1n) is 7.63. The Kier molecular flexibility index (Phi) is 10.5. The van der Waals surface area contributed by atoms with Crippen molar-refractivity contribution >= 4 is 24.0 Å². The topological polar surface area (TPSA) is 50.7 Å². The van der Waals surface area contributed by atoms with Crippen LogP contribution in [0.5, 0.6) is 5.75 Å². The number of benzene rings is 2. The lowest BCUT2D eigenvalue weighted by molar-refractivity contribution is 0.0938. The van der Waals surface area contributed by atoms with Gasteiger partial charge in [-0.3, -0.25) is 0 Å². The fraction of sp³-hybridized carbons (Fsp3) is 0.333. The lowest BCUT2D eigenvalue weighted by Gasteiger charge is -2.09. The SMILES string of the molecule is Cl.OCCOCCNCc1cccc(OCc2ccc(Cl)cc2)c1. The van der Waals surface area contributed by atoms with E-state index in [0.717, 1.165) is 35.0 Å². The van der Waals surface area contributed by atoms with Gasteiger partial charge in [-0.2, -0.15) is 0 Å². The average Bonchev–Trinajstić information content (AvgIpc) is 2.58. The third-order valence-corrected chi connectivity index (χ3v) is 3.46. The summed E-state index contributed by atoms with van der Waals surface area (Å²) < 4.78 is 11.0. The highest BCUT2D eigenvalue weighted by atomic mass is 35.5. The maximum absolute atomic E-state index is 8.61. The second kappa shape index (κ2) is 12.1. The van der Waals surface area contributed by atoms with Gasteiger partial charge in [-0.1, -0.05) is 35.9 Å². The molecule has 6 heteroatoms. The number of halogens is 2. The second-order valence-electron chi connectivity index (χ2n) is 5.08. The molecule has 0 aliphatic heterocycles. The van der Waals surface area contributed by atoms with Crippen molar-refractivity contribution in [1.82, 2.24) is 5.32 Å². The summed E-state index contributed by atoms with van der Waals surface area (Å²) in [6.45, 7) is 3.05. The molecule has 2 aromatic rings. The highest BCUT2D eigenvalue weighted by Gasteiger charge is 1.99. The molecule has 2 N–H and O–H groups in total. The van der Waals surface area contributed by atoms with Gasteiger partial charge >= 0.3 is 0 Å². The van der Waals surface area contributed by atoms with Crippen molar-refractivity contribution in [3.05, 3.63) is 64.7 Å². The van der Waals surface area contributed by atoms with Crippen molar-refractivity contribution in [3.8, 4) is 5.75 Å². The van der Waals surface area contributed by atoms with Gasteiger partial charge in [-0.25, -0.2) is 0 Å². The summed E-state index contributed by atoms with van der Waals surface area (Å²) in [5.74, 6) is 0.843. The third kappa shape index (κ3) is 7.99. The first-order chi connectivity index (χ1) is 11.3. The van der Waals surface area contributed by atoms with E-state index in [-0.39, 0.29) is 19.0 Å². The average molecular weight is 372 g/mol. The van der Waals surface area contributed by atoms with Crippen molar-refractivity contribution in [3.63, 3.8) is 0 Å². The second-order valence-corrected chi connectivity index (χ2v) is 5.51. The molecule has 0 aliphatic carbocycles. The molecule has 0 saturated heterocycles.